The Balaban J connectivity index is 1.00. The summed E-state index contributed by atoms with van der Waals surface area (Å²) in [4.78, 5) is 0. The lowest BCUT2D eigenvalue weighted by Crippen LogP contribution is -2.05. The molecule has 0 fully saturated rings. The normalized spacial score (nSPS) is 12.3. The van der Waals surface area contributed by atoms with E-state index in [2.05, 4.69) is 208 Å². The van der Waals surface area contributed by atoms with E-state index in [-0.39, 0.29) is 0 Å². The molecule has 0 radical (unpaired) electrons. The van der Waals surface area contributed by atoms with E-state index in [4.69, 9.17) is 4.74 Å². The van der Waals surface area contributed by atoms with Crippen molar-refractivity contribution in [1.82, 2.24) is 13.7 Å². The average molecular weight is 740 g/mol. The van der Waals surface area contributed by atoms with Gasteiger partial charge in [-0.1, -0.05) is 121 Å². The van der Waals surface area contributed by atoms with Gasteiger partial charge in [-0.3, -0.25) is 0 Å². The van der Waals surface area contributed by atoms with Gasteiger partial charge in [-0.05, 0) is 95.6 Å². The van der Waals surface area contributed by atoms with E-state index < -0.39 is 0 Å². The first-order chi connectivity index (χ1) is 28.8. The quantitative estimate of drug-likeness (QED) is 0.176. The number of fused-ring (bicyclic) bond motifs is 11. The molecule has 0 amide bonds. The van der Waals surface area contributed by atoms with Crippen molar-refractivity contribution in [2.24, 2.45) is 0 Å². The summed E-state index contributed by atoms with van der Waals surface area (Å²) in [7, 11) is 0. The van der Waals surface area contributed by atoms with Crippen LogP contribution >= 0.6 is 0 Å². The summed E-state index contributed by atoms with van der Waals surface area (Å²) in [5.41, 5.74) is 14.9. The summed E-state index contributed by atoms with van der Waals surface area (Å²) in [5, 5.41) is 7.38. The zero-order valence-corrected chi connectivity index (χ0v) is 31.3. The third-order valence-corrected chi connectivity index (χ3v) is 12.2. The number of hydrogen-bond acceptors (Lipinski definition) is 1. The van der Waals surface area contributed by atoms with Crippen molar-refractivity contribution >= 4 is 65.4 Å². The molecular weight excluding hydrogens is 707 g/mol. The summed E-state index contributed by atoms with van der Waals surface area (Å²) >= 11 is 0. The standard InChI is InChI=1S/C54H33N3O/c1-2-12-34(13-3-1)36-24-30-49-44(32-36)45-33-38(56-46-17-7-4-14-40(46)41-15-5-8-18-47(41)56)27-31-50(45)55(49)37-25-22-35(23-26-37)39-28-29-43-42-16-6-9-19-48(42)57-51-20-10-11-21-52(51)58-54(39)53(43)57/h1-33H. The molecule has 0 N–H and O–H groups in total. The molecule has 0 aliphatic carbocycles. The maximum absolute atomic E-state index is 6.80. The van der Waals surface area contributed by atoms with Crippen LogP contribution in [0.5, 0.6) is 11.5 Å². The van der Waals surface area contributed by atoms with Crippen LogP contribution in [0.25, 0.3) is 105 Å². The Labute approximate surface area is 333 Å². The van der Waals surface area contributed by atoms with Crippen LogP contribution in [0.4, 0.5) is 0 Å². The molecule has 0 saturated heterocycles. The molecule has 0 spiro atoms. The molecule has 0 saturated carbocycles. The van der Waals surface area contributed by atoms with E-state index in [1.807, 2.05) is 6.07 Å². The fourth-order valence-electron chi connectivity index (χ4n) is 9.68. The van der Waals surface area contributed by atoms with Crippen LogP contribution in [0.15, 0.2) is 200 Å². The highest BCUT2D eigenvalue weighted by atomic mass is 16.5. The molecular formula is C54H33N3O. The van der Waals surface area contributed by atoms with Gasteiger partial charge < -0.3 is 18.4 Å². The van der Waals surface area contributed by atoms with E-state index >= 15 is 0 Å². The van der Waals surface area contributed by atoms with Gasteiger partial charge in [0, 0.05) is 49.3 Å². The van der Waals surface area contributed by atoms with Crippen LogP contribution < -0.4 is 4.74 Å². The minimum atomic E-state index is 0.863. The smallest absolute Gasteiger partial charge is 0.160 e. The van der Waals surface area contributed by atoms with Gasteiger partial charge in [-0.15, -0.1) is 0 Å². The Kier molecular flexibility index (Phi) is 6.41. The van der Waals surface area contributed by atoms with Crippen molar-refractivity contribution < 1.29 is 4.74 Å². The molecule has 13 rings (SSSR count). The molecule has 4 heterocycles. The maximum atomic E-state index is 6.80. The Morgan fingerprint density at radius 1 is 0.310 bits per heavy atom. The van der Waals surface area contributed by atoms with Crippen molar-refractivity contribution in [2.45, 2.75) is 0 Å². The van der Waals surface area contributed by atoms with E-state index in [9.17, 15) is 0 Å². The van der Waals surface area contributed by atoms with Crippen molar-refractivity contribution in [2.75, 3.05) is 0 Å². The highest BCUT2D eigenvalue weighted by Crippen LogP contribution is 2.49. The third-order valence-electron chi connectivity index (χ3n) is 12.2. The average Bonchev–Trinajstić information content (AvgIpc) is 3.93. The van der Waals surface area contributed by atoms with E-state index in [0.29, 0.717) is 0 Å². The first-order valence-corrected chi connectivity index (χ1v) is 19.8. The molecule has 4 heteroatoms. The van der Waals surface area contributed by atoms with Crippen LogP contribution in [0, 0.1) is 0 Å². The molecule has 3 aromatic heterocycles. The summed E-state index contributed by atoms with van der Waals surface area (Å²) < 4.78 is 14.0. The van der Waals surface area contributed by atoms with Gasteiger partial charge in [0.2, 0.25) is 0 Å². The third kappa shape index (κ3) is 4.34. The lowest BCUT2D eigenvalue weighted by Gasteiger charge is -2.23. The van der Waals surface area contributed by atoms with Gasteiger partial charge in [0.15, 0.2) is 11.5 Å². The summed E-state index contributed by atoms with van der Waals surface area (Å²) in [6.07, 6.45) is 0. The largest absolute Gasteiger partial charge is 0.452 e. The zero-order chi connectivity index (χ0) is 37.9. The predicted molar refractivity (Wildman–Crippen MR) is 240 cm³/mol. The second-order valence-corrected chi connectivity index (χ2v) is 15.3. The van der Waals surface area contributed by atoms with Crippen LogP contribution in [0.3, 0.4) is 0 Å². The molecule has 58 heavy (non-hydrogen) atoms. The number of benzene rings is 9. The van der Waals surface area contributed by atoms with Crippen molar-refractivity contribution in [3.63, 3.8) is 0 Å². The first-order valence-electron chi connectivity index (χ1n) is 19.8. The lowest BCUT2D eigenvalue weighted by molar-refractivity contribution is 0.478. The van der Waals surface area contributed by atoms with Crippen molar-refractivity contribution in [3.8, 4) is 50.8 Å². The second kappa shape index (κ2) is 11.8. The molecule has 0 unspecified atom stereocenters. The topological polar surface area (TPSA) is 24.0 Å². The molecule has 9 aromatic carbocycles. The number of para-hydroxylation sites is 5. The zero-order valence-electron chi connectivity index (χ0n) is 31.3. The molecule has 1 aliphatic rings. The predicted octanol–water partition coefficient (Wildman–Crippen LogP) is 14.4. The molecule has 270 valence electrons. The number of aromatic nitrogens is 3. The number of ether oxygens (including phenoxy) is 1. The summed E-state index contributed by atoms with van der Waals surface area (Å²) in [6, 6.07) is 72.4. The van der Waals surface area contributed by atoms with Crippen LogP contribution in [0.1, 0.15) is 0 Å². The van der Waals surface area contributed by atoms with Gasteiger partial charge >= 0.3 is 0 Å². The van der Waals surface area contributed by atoms with Crippen LogP contribution in [-0.2, 0) is 0 Å². The Bertz CT molecular complexity index is 3590. The number of rotatable bonds is 4. The number of hydrogen-bond donors (Lipinski definition) is 0. The molecule has 4 nitrogen and oxygen atoms in total. The number of nitrogens with zero attached hydrogens (tertiary/aromatic N) is 3. The fourth-order valence-corrected chi connectivity index (χ4v) is 9.68. The van der Waals surface area contributed by atoms with E-state index in [0.717, 1.165) is 45.2 Å². The highest BCUT2D eigenvalue weighted by molar-refractivity contribution is 6.15. The van der Waals surface area contributed by atoms with E-state index in [1.165, 1.54) is 71.0 Å². The summed E-state index contributed by atoms with van der Waals surface area (Å²) in [5.74, 6) is 1.75. The highest BCUT2D eigenvalue weighted by Gasteiger charge is 2.26. The SMILES string of the molecule is c1ccc(-c2ccc3c(c2)c2cc(-n4c5ccccc5c5ccccc54)ccc2n3-c2ccc(-c3ccc4c5ccccc5n5c4c3Oc3ccccc3-5)cc2)cc1. The molecule has 1 aliphatic heterocycles. The van der Waals surface area contributed by atoms with Gasteiger partial charge in [0.05, 0.1) is 38.8 Å². The monoisotopic (exact) mass is 739 g/mol. The first kappa shape index (κ1) is 31.4. The molecule has 0 bridgehead atoms. The van der Waals surface area contributed by atoms with Crippen LogP contribution in [0.2, 0.25) is 0 Å². The van der Waals surface area contributed by atoms with Gasteiger partial charge in [-0.25, -0.2) is 0 Å². The van der Waals surface area contributed by atoms with Gasteiger partial charge in [0.25, 0.3) is 0 Å². The fraction of sp³-hybridized carbons (Fsp3) is 0. The van der Waals surface area contributed by atoms with Gasteiger partial charge in [0.1, 0.15) is 0 Å². The van der Waals surface area contributed by atoms with Gasteiger partial charge in [-0.2, -0.15) is 0 Å². The maximum Gasteiger partial charge on any atom is 0.160 e. The van der Waals surface area contributed by atoms with E-state index in [1.54, 1.807) is 0 Å². The molecule has 12 aromatic rings. The van der Waals surface area contributed by atoms with Crippen molar-refractivity contribution in [3.05, 3.63) is 200 Å². The second-order valence-electron chi connectivity index (χ2n) is 15.3. The summed E-state index contributed by atoms with van der Waals surface area (Å²) in [6.45, 7) is 0. The Hall–Kier alpha value is -7.82. The Morgan fingerprint density at radius 3 is 1.59 bits per heavy atom. The lowest BCUT2D eigenvalue weighted by atomic mass is 10.0. The minimum absolute atomic E-state index is 0.863. The Morgan fingerprint density at radius 2 is 0.845 bits per heavy atom. The molecule has 0 atom stereocenters. The van der Waals surface area contributed by atoms with Crippen LogP contribution in [-0.4, -0.2) is 13.7 Å². The minimum Gasteiger partial charge on any atom is -0.452 e. The van der Waals surface area contributed by atoms with Crippen molar-refractivity contribution in [1.29, 1.82) is 0 Å².